The van der Waals surface area contributed by atoms with E-state index < -0.39 is 0 Å². The van der Waals surface area contributed by atoms with Crippen LogP contribution in [0, 0.1) is 5.92 Å². The van der Waals surface area contributed by atoms with Gasteiger partial charge in [0.2, 0.25) is 5.91 Å². The van der Waals surface area contributed by atoms with Crippen molar-refractivity contribution in [3.05, 3.63) is 29.8 Å². The molecule has 0 aromatic heterocycles. The quantitative estimate of drug-likeness (QED) is 0.841. The molecule has 1 aliphatic heterocycles. The summed E-state index contributed by atoms with van der Waals surface area (Å²) in [5.41, 5.74) is 2.38. The number of piperazine rings is 1. The van der Waals surface area contributed by atoms with E-state index in [1.54, 1.807) is 0 Å². The van der Waals surface area contributed by atoms with Crippen LogP contribution < -0.4 is 4.90 Å². The number of amides is 1. The van der Waals surface area contributed by atoms with Crippen LogP contribution in [0.1, 0.15) is 31.7 Å². The first kappa shape index (κ1) is 13.6. The number of rotatable bonds is 4. The molecule has 1 heterocycles. The Morgan fingerprint density at radius 2 is 1.90 bits per heavy atom. The van der Waals surface area contributed by atoms with Crippen LogP contribution in [-0.4, -0.2) is 37.0 Å². The lowest BCUT2D eigenvalue weighted by molar-refractivity contribution is -0.121. The fourth-order valence-electron chi connectivity index (χ4n) is 3.10. The molecule has 0 N–H and O–H groups in total. The van der Waals surface area contributed by atoms with Gasteiger partial charge in [-0.15, -0.1) is 0 Å². The SMILES string of the molecule is CCc1ccc(N2CCN(CC3CCC3)CC2=O)cc1. The second-order valence-electron chi connectivity index (χ2n) is 6.10. The third-order valence-corrected chi connectivity index (χ3v) is 4.70. The lowest BCUT2D eigenvalue weighted by atomic mass is 9.85. The molecule has 1 saturated heterocycles. The van der Waals surface area contributed by atoms with E-state index in [-0.39, 0.29) is 5.91 Å². The Kier molecular flexibility index (Phi) is 4.06. The highest BCUT2D eigenvalue weighted by Gasteiger charge is 2.28. The molecule has 3 heteroatoms. The molecule has 20 heavy (non-hydrogen) atoms. The van der Waals surface area contributed by atoms with E-state index in [4.69, 9.17) is 0 Å². The van der Waals surface area contributed by atoms with Crippen LogP contribution >= 0.6 is 0 Å². The van der Waals surface area contributed by atoms with Gasteiger partial charge in [-0.05, 0) is 42.9 Å². The Bertz CT molecular complexity index is 464. The van der Waals surface area contributed by atoms with Crippen LogP contribution in [0.2, 0.25) is 0 Å². The van der Waals surface area contributed by atoms with Crippen LogP contribution in [0.25, 0.3) is 0 Å². The van der Waals surface area contributed by atoms with Gasteiger partial charge < -0.3 is 4.90 Å². The lowest BCUT2D eigenvalue weighted by Gasteiger charge is -2.38. The molecule has 0 bridgehead atoms. The first-order valence-electron chi connectivity index (χ1n) is 7.88. The largest absolute Gasteiger partial charge is 0.310 e. The van der Waals surface area contributed by atoms with Crippen LogP contribution in [0.5, 0.6) is 0 Å². The number of hydrogen-bond donors (Lipinski definition) is 0. The van der Waals surface area contributed by atoms with Gasteiger partial charge in [-0.2, -0.15) is 0 Å². The second kappa shape index (κ2) is 5.96. The predicted octanol–water partition coefficient (Wildman–Crippen LogP) is 2.70. The zero-order valence-electron chi connectivity index (χ0n) is 12.3. The fraction of sp³-hybridized carbons (Fsp3) is 0.588. The van der Waals surface area contributed by atoms with Crippen LogP contribution in [0.3, 0.4) is 0 Å². The summed E-state index contributed by atoms with van der Waals surface area (Å²) in [6.45, 7) is 5.70. The van der Waals surface area contributed by atoms with Gasteiger partial charge in [-0.25, -0.2) is 0 Å². The maximum Gasteiger partial charge on any atom is 0.241 e. The van der Waals surface area contributed by atoms with E-state index >= 15 is 0 Å². The molecule has 0 atom stereocenters. The molecule has 1 amide bonds. The number of aryl methyl sites for hydroxylation is 1. The second-order valence-corrected chi connectivity index (χ2v) is 6.10. The molecule has 1 aromatic rings. The lowest BCUT2D eigenvalue weighted by Crippen LogP contribution is -2.52. The number of anilines is 1. The highest BCUT2D eigenvalue weighted by Crippen LogP contribution is 2.28. The molecule has 3 nitrogen and oxygen atoms in total. The summed E-state index contributed by atoms with van der Waals surface area (Å²) in [4.78, 5) is 16.6. The highest BCUT2D eigenvalue weighted by atomic mass is 16.2. The van der Waals surface area contributed by atoms with Gasteiger partial charge in [0.05, 0.1) is 6.54 Å². The van der Waals surface area contributed by atoms with Gasteiger partial charge in [-0.1, -0.05) is 25.5 Å². The maximum atomic E-state index is 12.3. The van der Waals surface area contributed by atoms with Crippen molar-refractivity contribution in [2.24, 2.45) is 5.92 Å². The molecule has 108 valence electrons. The Morgan fingerprint density at radius 1 is 1.15 bits per heavy atom. The Hall–Kier alpha value is -1.35. The Labute approximate surface area is 121 Å². The normalized spacial score (nSPS) is 21.1. The summed E-state index contributed by atoms with van der Waals surface area (Å²) in [6.07, 6.45) is 5.13. The fourth-order valence-corrected chi connectivity index (χ4v) is 3.10. The smallest absolute Gasteiger partial charge is 0.241 e. The molecule has 0 unspecified atom stereocenters. The molecule has 1 aromatic carbocycles. The minimum Gasteiger partial charge on any atom is -0.310 e. The van der Waals surface area contributed by atoms with Crippen molar-refractivity contribution in [3.8, 4) is 0 Å². The summed E-state index contributed by atoms with van der Waals surface area (Å²) in [5.74, 6) is 1.10. The van der Waals surface area contributed by atoms with Crippen LogP contribution in [-0.2, 0) is 11.2 Å². The maximum absolute atomic E-state index is 12.3. The molecule has 1 aliphatic carbocycles. The van der Waals surface area contributed by atoms with Crippen molar-refractivity contribution in [2.45, 2.75) is 32.6 Å². The van der Waals surface area contributed by atoms with E-state index in [2.05, 4.69) is 36.1 Å². The number of nitrogens with zero attached hydrogens (tertiary/aromatic N) is 2. The summed E-state index contributed by atoms with van der Waals surface area (Å²) in [7, 11) is 0. The Balaban J connectivity index is 1.59. The van der Waals surface area contributed by atoms with Gasteiger partial charge in [0, 0.05) is 25.3 Å². The molecule has 2 fully saturated rings. The van der Waals surface area contributed by atoms with Gasteiger partial charge in [0.15, 0.2) is 0 Å². The average Bonchev–Trinajstić information content (AvgIpc) is 2.43. The standard InChI is InChI=1S/C17H24N2O/c1-2-14-6-8-16(9-7-14)19-11-10-18(13-17(19)20)12-15-4-3-5-15/h6-9,15H,2-5,10-13H2,1H3. The van der Waals surface area contributed by atoms with Crippen LogP contribution in [0.15, 0.2) is 24.3 Å². The zero-order valence-corrected chi connectivity index (χ0v) is 12.3. The van der Waals surface area contributed by atoms with E-state index in [9.17, 15) is 4.79 Å². The predicted molar refractivity (Wildman–Crippen MR) is 82.0 cm³/mol. The highest BCUT2D eigenvalue weighted by molar-refractivity contribution is 5.95. The third-order valence-electron chi connectivity index (χ3n) is 4.70. The summed E-state index contributed by atoms with van der Waals surface area (Å²) >= 11 is 0. The van der Waals surface area contributed by atoms with Crippen LogP contribution in [0.4, 0.5) is 5.69 Å². The number of carbonyl (C=O) groups excluding carboxylic acids is 1. The van der Waals surface area contributed by atoms with Crippen molar-refractivity contribution in [1.82, 2.24) is 4.90 Å². The van der Waals surface area contributed by atoms with Crippen molar-refractivity contribution in [2.75, 3.05) is 31.1 Å². The average molecular weight is 272 g/mol. The van der Waals surface area contributed by atoms with Gasteiger partial charge >= 0.3 is 0 Å². The first-order chi connectivity index (χ1) is 9.76. The van der Waals surface area contributed by atoms with E-state index in [1.165, 1.54) is 24.8 Å². The third kappa shape index (κ3) is 2.88. The molecule has 1 saturated carbocycles. The zero-order chi connectivity index (χ0) is 13.9. The van der Waals surface area contributed by atoms with Crippen molar-refractivity contribution >= 4 is 11.6 Å². The monoisotopic (exact) mass is 272 g/mol. The summed E-state index contributed by atoms with van der Waals surface area (Å²) < 4.78 is 0. The molecule has 3 rings (SSSR count). The van der Waals surface area contributed by atoms with E-state index in [0.29, 0.717) is 6.54 Å². The van der Waals surface area contributed by atoms with Gasteiger partial charge in [0.1, 0.15) is 0 Å². The molecular weight excluding hydrogens is 248 g/mol. The Morgan fingerprint density at radius 3 is 2.45 bits per heavy atom. The van der Waals surface area contributed by atoms with Crippen molar-refractivity contribution < 1.29 is 4.79 Å². The van der Waals surface area contributed by atoms with Gasteiger partial charge in [0.25, 0.3) is 0 Å². The van der Waals surface area contributed by atoms with Crippen molar-refractivity contribution in [3.63, 3.8) is 0 Å². The molecule has 2 aliphatic rings. The first-order valence-corrected chi connectivity index (χ1v) is 7.88. The molecule has 0 spiro atoms. The van der Waals surface area contributed by atoms with E-state index in [0.717, 1.165) is 37.7 Å². The summed E-state index contributed by atoms with van der Waals surface area (Å²) in [5, 5.41) is 0. The number of carbonyl (C=O) groups is 1. The minimum absolute atomic E-state index is 0.250. The van der Waals surface area contributed by atoms with E-state index in [1.807, 2.05) is 4.90 Å². The molecule has 0 radical (unpaired) electrons. The van der Waals surface area contributed by atoms with Gasteiger partial charge in [-0.3, -0.25) is 9.69 Å². The minimum atomic E-state index is 0.250. The topological polar surface area (TPSA) is 23.6 Å². The summed E-state index contributed by atoms with van der Waals surface area (Å²) in [6, 6.07) is 8.42. The van der Waals surface area contributed by atoms with Crippen molar-refractivity contribution in [1.29, 1.82) is 0 Å². The number of benzene rings is 1. The molecular formula is C17H24N2O. The number of hydrogen-bond acceptors (Lipinski definition) is 2.